The van der Waals surface area contributed by atoms with Crippen molar-refractivity contribution in [3.05, 3.63) is 65.7 Å². The Labute approximate surface area is 102 Å². The lowest BCUT2D eigenvalue weighted by atomic mass is 9.88. The van der Waals surface area contributed by atoms with Crippen LogP contribution in [0.5, 0.6) is 0 Å². The zero-order valence-electron chi connectivity index (χ0n) is 9.84. The van der Waals surface area contributed by atoms with Gasteiger partial charge >= 0.3 is 0 Å². The third-order valence-electron chi connectivity index (χ3n) is 2.97. The Morgan fingerprint density at radius 1 is 0.882 bits per heavy atom. The van der Waals surface area contributed by atoms with E-state index in [4.69, 9.17) is 11.5 Å². The summed E-state index contributed by atoms with van der Waals surface area (Å²) in [5, 5.41) is 0. The van der Waals surface area contributed by atoms with Crippen LogP contribution in [0.4, 0.5) is 5.69 Å². The molecule has 17 heavy (non-hydrogen) atoms. The highest BCUT2D eigenvalue weighted by atomic mass is 14.5. The predicted octanol–water partition coefficient (Wildman–Crippen LogP) is 2.75. The molecule has 2 aromatic rings. The van der Waals surface area contributed by atoms with Gasteiger partial charge in [-0.25, -0.2) is 0 Å². The molecule has 88 valence electrons. The molecule has 0 bridgehead atoms. The average Bonchev–Trinajstić information content (AvgIpc) is 2.37. The maximum atomic E-state index is 5.84. The van der Waals surface area contributed by atoms with Gasteiger partial charge in [-0.3, -0.25) is 0 Å². The summed E-state index contributed by atoms with van der Waals surface area (Å²) in [4.78, 5) is 0. The Morgan fingerprint density at radius 2 is 1.59 bits per heavy atom. The van der Waals surface area contributed by atoms with Crippen molar-refractivity contribution in [1.82, 2.24) is 0 Å². The topological polar surface area (TPSA) is 52.0 Å². The molecule has 2 nitrogen and oxygen atoms in total. The lowest BCUT2D eigenvalue weighted by molar-refractivity contribution is 0.726. The van der Waals surface area contributed by atoms with Crippen molar-refractivity contribution in [1.29, 1.82) is 0 Å². The maximum absolute atomic E-state index is 5.84. The molecule has 0 saturated carbocycles. The van der Waals surface area contributed by atoms with Crippen LogP contribution in [0.15, 0.2) is 54.6 Å². The van der Waals surface area contributed by atoms with Crippen molar-refractivity contribution < 1.29 is 0 Å². The minimum atomic E-state index is 0.338. The molecule has 2 heteroatoms. The first kappa shape index (κ1) is 11.7. The van der Waals surface area contributed by atoms with Gasteiger partial charge in [0.1, 0.15) is 0 Å². The van der Waals surface area contributed by atoms with E-state index in [9.17, 15) is 0 Å². The molecule has 0 aliphatic carbocycles. The molecule has 0 heterocycles. The van der Waals surface area contributed by atoms with E-state index in [1.54, 1.807) is 0 Å². The van der Waals surface area contributed by atoms with E-state index in [1.165, 1.54) is 11.1 Å². The van der Waals surface area contributed by atoms with Crippen LogP contribution in [0, 0.1) is 0 Å². The Bertz CT molecular complexity index is 465. The van der Waals surface area contributed by atoms with Gasteiger partial charge in [0.2, 0.25) is 0 Å². The van der Waals surface area contributed by atoms with E-state index in [2.05, 4.69) is 30.3 Å². The summed E-state index contributed by atoms with van der Waals surface area (Å²) < 4.78 is 0. The van der Waals surface area contributed by atoms with Crippen molar-refractivity contribution in [3.8, 4) is 0 Å². The normalized spacial score (nSPS) is 12.3. The predicted molar refractivity (Wildman–Crippen MR) is 72.8 cm³/mol. The molecule has 0 unspecified atom stereocenters. The second-order valence-electron chi connectivity index (χ2n) is 4.21. The highest BCUT2D eigenvalue weighted by Crippen LogP contribution is 2.28. The van der Waals surface area contributed by atoms with Crippen molar-refractivity contribution in [2.75, 3.05) is 12.3 Å². The molecule has 1 atom stereocenters. The van der Waals surface area contributed by atoms with Crippen LogP contribution >= 0.6 is 0 Å². The van der Waals surface area contributed by atoms with Crippen LogP contribution < -0.4 is 11.5 Å². The van der Waals surface area contributed by atoms with Gasteiger partial charge in [-0.05, 0) is 36.2 Å². The zero-order valence-corrected chi connectivity index (χ0v) is 9.84. The van der Waals surface area contributed by atoms with Gasteiger partial charge in [0, 0.05) is 11.6 Å². The van der Waals surface area contributed by atoms with Gasteiger partial charge in [-0.15, -0.1) is 0 Å². The second-order valence-corrected chi connectivity index (χ2v) is 4.21. The van der Waals surface area contributed by atoms with Crippen molar-refractivity contribution >= 4 is 5.69 Å². The molecule has 0 amide bonds. The quantitative estimate of drug-likeness (QED) is 0.788. The first-order valence-electron chi connectivity index (χ1n) is 5.91. The molecular weight excluding hydrogens is 208 g/mol. The van der Waals surface area contributed by atoms with Crippen LogP contribution in [0.3, 0.4) is 0 Å². The fourth-order valence-corrected chi connectivity index (χ4v) is 2.15. The van der Waals surface area contributed by atoms with Crippen molar-refractivity contribution in [2.24, 2.45) is 5.73 Å². The molecule has 2 aromatic carbocycles. The van der Waals surface area contributed by atoms with E-state index < -0.39 is 0 Å². The van der Waals surface area contributed by atoms with E-state index in [0.29, 0.717) is 12.5 Å². The van der Waals surface area contributed by atoms with Gasteiger partial charge < -0.3 is 11.5 Å². The Hall–Kier alpha value is -1.80. The number of benzene rings is 2. The lowest BCUT2D eigenvalue weighted by Gasteiger charge is -2.17. The Kier molecular flexibility index (Phi) is 3.78. The molecule has 4 N–H and O–H groups in total. The average molecular weight is 226 g/mol. The van der Waals surface area contributed by atoms with Gasteiger partial charge in [-0.1, -0.05) is 42.5 Å². The number of anilines is 1. The fourth-order valence-electron chi connectivity index (χ4n) is 2.15. The van der Waals surface area contributed by atoms with Crippen molar-refractivity contribution in [3.63, 3.8) is 0 Å². The number of rotatable bonds is 4. The van der Waals surface area contributed by atoms with Gasteiger partial charge in [-0.2, -0.15) is 0 Å². The lowest BCUT2D eigenvalue weighted by Crippen LogP contribution is -2.09. The first-order chi connectivity index (χ1) is 8.31. The molecule has 0 aromatic heterocycles. The number of hydrogen-bond acceptors (Lipinski definition) is 2. The largest absolute Gasteiger partial charge is 0.399 e. The molecule has 0 fully saturated rings. The summed E-state index contributed by atoms with van der Waals surface area (Å²) >= 11 is 0. The molecule has 0 saturated heterocycles. The number of nitrogens with two attached hydrogens (primary N) is 2. The summed E-state index contributed by atoms with van der Waals surface area (Å²) in [5.41, 5.74) is 14.9. The molecule has 2 rings (SSSR count). The van der Waals surface area contributed by atoms with Crippen LogP contribution in [0.2, 0.25) is 0 Å². The van der Waals surface area contributed by atoms with Crippen LogP contribution in [-0.2, 0) is 0 Å². The third kappa shape index (κ3) is 2.86. The van der Waals surface area contributed by atoms with E-state index >= 15 is 0 Å². The Morgan fingerprint density at radius 3 is 2.24 bits per heavy atom. The number of hydrogen-bond donors (Lipinski definition) is 2. The maximum Gasteiger partial charge on any atom is 0.0316 e. The SMILES string of the molecule is NCC[C@@H](c1ccccc1)c1cccc(N)c1. The molecule has 0 radical (unpaired) electrons. The van der Waals surface area contributed by atoms with Gasteiger partial charge in [0.15, 0.2) is 0 Å². The molecule has 0 spiro atoms. The zero-order chi connectivity index (χ0) is 12.1. The molecular formula is C15H18N2. The van der Waals surface area contributed by atoms with Gasteiger partial charge in [0.05, 0.1) is 0 Å². The smallest absolute Gasteiger partial charge is 0.0316 e. The van der Waals surface area contributed by atoms with E-state index in [1.807, 2.05) is 24.3 Å². The summed E-state index contributed by atoms with van der Waals surface area (Å²) in [5.74, 6) is 0.338. The van der Waals surface area contributed by atoms with Gasteiger partial charge in [0.25, 0.3) is 0 Å². The monoisotopic (exact) mass is 226 g/mol. The third-order valence-corrected chi connectivity index (χ3v) is 2.97. The number of nitrogen functional groups attached to an aromatic ring is 1. The minimum absolute atomic E-state index is 0.338. The summed E-state index contributed by atoms with van der Waals surface area (Å²) in [6.07, 6.45) is 0.938. The summed E-state index contributed by atoms with van der Waals surface area (Å²) in [6.45, 7) is 0.675. The standard InChI is InChI=1S/C15H18N2/c16-10-9-15(12-5-2-1-3-6-12)13-7-4-8-14(17)11-13/h1-8,11,15H,9-10,16-17H2/t15-/m0/s1. The van der Waals surface area contributed by atoms with Crippen LogP contribution in [0.1, 0.15) is 23.5 Å². The summed E-state index contributed by atoms with van der Waals surface area (Å²) in [7, 11) is 0. The van der Waals surface area contributed by atoms with E-state index in [0.717, 1.165) is 12.1 Å². The fraction of sp³-hybridized carbons (Fsp3) is 0.200. The first-order valence-corrected chi connectivity index (χ1v) is 5.91. The van der Waals surface area contributed by atoms with E-state index in [-0.39, 0.29) is 0 Å². The van der Waals surface area contributed by atoms with Crippen molar-refractivity contribution in [2.45, 2.75) is 12.3 Å². The molecule has 0 aliphatic heterocycles. The minimum Gasteiger partial charge on any atom is -0.399 e. The highest BCUT2D eigenvalue weighted by molar-refractivity contribution is 5.44. The Balaban J connectivity index is 2.35. The van der Waals surface area contributed by atoms with Crippen LogP contribution in [-0.4, -0.2) is 6.54 Å². The second kappa shape index (κ2) is 5.51. The van der Waals surface area contributed by atoms with Crippen LogP contribution in [0.25, 0.3) is 0 Å². The highest BCUT2D eigenvalue weighted by Gasteiger charge is 2.12. The summed E-state index contributed by atoms with van der Waals surface area (Å²) in [6, 6.07) is 18.5. The molecule has 0 aliphatic rings.